The van der Waals surface area contributed by atoms with Gasteiger partial charge in [-0.3, -0.25) is 0 Å². The molecule has 0 spiro atoms. The molecule has 3 heterocycles. The zero-order chi connectivity index (χ0) is 17.5. The van der Waals surface area contributed by atoms with Gasteiger partial charge in [-0.2, -0.15) is 0 Å². The molecule has 3 nitrogen and oxygen atoms in total. The van der Waals surface area contributed by atoms with Gasteiger partial charge in [-0.25, -0.2) is 9.98 Å². The van der Waals surface area contributed by atoms with E-state index in [4.69, 9.17) is 9.98 Å². The van der Waals surface area contributed by atoms with Crippen molar-refractivity contribution in [2.24, 2.45) is 9.98 Å². The van der Waals surface area contributed by atoms with Crippen LogP contribution >= 0.6 is 0 Å². The standard InChI is InChI=1S/C24H13N3/c1-3-7-19-13(5-1)15-9-23-17(11-21(15)25-19)18-12-22-16(10-24(18)27-23)14-6-2-4-8-20(14)26-22/h1-12,25H. The first-order valence-corrected chi connectivity index (χ1v) is 9.11. The second-order valence-electron chi connectivity index (χ2n) is 7.21. The van der Waals surface area contributed by atoms with E-state index in [1.165, 1.54) is 33.0 Å². The zero-order valence-electron chi connectivity index (χ0n) is 14.3. The molecule has 5 aromatic rings. The first-order chi connectivity index (χ1) is 13.3. The van der Waals surface area contributed by atoms with Crippen LogP contribution in [0.1, 0.15) is 0 Å². The summed E-state index contributed by atoms with van der Waals surface area (Å²) in [6.45, 7) is 0. The number of hydrogen-bond donors (Lipinski definition) is 1. The van der Waals surface area contributed by atoms with E-state index in [-0.39, 0.29) is 0 Å². The van der Waals surface area contributed by atoms with Crippen molar-refractivity contribution in [3.63, 3.8) is 0 Å². The lowest BCUT2D eigenvalue weighted by Gasteiger charge is -2.01. The summed E-state index contributed by atoms with van der Waals surface area (Å²) in [5.41, 5.74) is 9.12. The van der Waals surface area contributed by atoms with Crippen molar-refractivity contribution in [2.45, 2.75) is 0 Å². The Morgan fingerprint density at radius 1 is 0.519 bits per heavy atom. The first-order valence-electron chi connectivity index (χ1n) is 9.11. The maximum atomic E-state index is 4.95. The fourth-order valence-corrected chi connectivity index (χ4v) is 4.45. The first kappa shape index (κ1) is 13.5. The highest BCUT2D eigenvalue weighted by Crippen LogP contribution is 2.39. The largest absolute Gasteiger partial charge is 0.354 e. The topological polar surface area (TPSA) is 40.5 Å². The highest BCUT2D eigenvalue weighted by atomic mass is 14.8. The van der Waals surface area contributed by atoms with Crippen molar-refractivity contribution in [3.8, 4) is 22.3 Å². The molecule has 7 rings (SSSR count). The molecule has 0 saturated carbocycles. The number of nitrogens with one attached hydrogen (secondary N) is 1. The maximum Gasteiger partial charge on any atom is 0.0724 e. The molecular weight excluding hydrogens is 330 g/mol. The molecule has 4 aromatic carbocycles. The van der Waals surface area contributed by atoms with Gasteiger partial charge >= 0.3 is 0 Å². The van der Waals surface area contributed by atoms with Crippen LogP contribution in [-0.2, 0) is 0 Å². The fourth-order valence-electron chi connectivity index (χ4n) is 4.45. The third-order valence-corrected chi connectivity index (χ3v) is 5.70. The number of benzene rings is 4. The molecule has 2 aliphatic rings. The third-order valence-electron chi connectivity index (χ3n) is 5.70. The van der Waals surface area contributed by atoms with Gasteiger partial charge in [0.2, 0.25) is 0 Å². The lowest BCUT2D eigenvalue weighted by atomic mass is 9.99. The molecule has 1 aromatic heterocycles. The van der Waals surface area contributed by atoms with Crippen molar-refractivity contribution in [3.05, 3.63) is 83.5 Å². The summed E-state index contributed by atoms with van der Waals surface area (Å²) in [6.07, 6.45) is 0. The Balaban J connectivity index is 1.54. The lowest BCUT2D eigenvalue weighted by Crippen LogP contribution is -2.11. The molecule has 0 atom stereocenters. The minimum Gasteiger partial charge on any atom is -0.354 e. The van der Waals surface area contributed by atoms with Crippen molar-refractivity contribution in [2.75, 3.05) is 0 Å². The van der Waals surface area contributed by atoms with Crippen molar-refractivity contribution in [1.82, 2.24) is 4.98 Å². The van der Waals surface area contributed by atoms with Crippen LogP contribution in [0.25, 0.3) is 44.1 Å². The smallest absolute Gasteiger partial charge is 0.0724 e. The summed E-state index contributed by atoms with van der Waals surface area (Å²) in [6, 6.07) is 25.5. The summed E-state index contributed by atoms with van der Waals surface area (Å²) < 4.78 is 0. The molecule has 2 aliphatic heterocycles. The van der Waals surface area contributed by atoms with E-state index in [9.17, 15) is 0 Å². The van der Waals surface area contributed by atoms with Gasteiger partial charge in [0.15, 0.2) is 0 Å². The predicted octanol–water partition coefficient (Wildman–Crippen LogP) is 5.18. The highest BCUT2D eigenvalue weighted by molar-refractivity contribution is 6.10. The molecule has 3 heteroatoms. The van der Waals surface area contributed by atoms with E-state index in [0.717, 1.165) is 33.1 Å². The van der Waals surface area contributed by atoms with Crippen LogP contribution in [0.5, 0.6) is 0 Å². The third kappa shape index (κ3) is 1.66. The van der Waals surface area contributed by atoms with Gasteiger partial charge in [-0.15, -0.1) is 0 Å². The lowest BCUT2D eigenvalue weighted by molar-refractivity contribution is 1.37. The second-order valence-corrected chi connectivity index (χ2v) is 7.21. The summed E-state index contributed by atoms with van der Waals surface area (Å²) in [5.74, 6) is 0. The van der Waals surface area contributed by atoms with Crippen molar-refractivity contribution < 1.29 is 0 Å². The van der Waals surface area contributed by atoms with E-state index in [2.05, 4.69) is 71.7 Å². The van der Waals surface area contributed by atoms with E-state index in [1.807, 2.05) is 6.07 Å². The van der Waals surface area contributed by atoms with Crippen LogP contribution in [0.15, 0.2) is 82.8 Å². The second kappa shape index (κ2) is 4.51. The van der Waals surface area contributed by atoms with E-state index in [0.29, 0.717) is 0 Å². The average molecular weight is 343 g/mol. The minimum absolute atomic E-state index is 1.03. The Morgan fingerprint density at radius 3 is 2.19 bits per heavy atom. The minimum atomic E-state index is 1.03. The average Bonchev–Trinajstić information content (AvgIpc) is 3.35. The van der Waals surface area contributed by atoms with Crippen LogP contribution in [0, 0.1) is 0 Å². The van der Waals surface area contributed by atoms with E-state index < -0.39 is 0 Å². The van der Waals surface area contributed by atoms with E-state index >= 15 is 0 Å². The number of aromatic amines is 1. The number of fused-ring (bicyclic) bond motifs is 9. The van der Waals surface area contributed by atoms with Crippen LogP contribution in [0.4, 0.5) is 11.4 Å². The van der Waals surface area contributed by atoms with Gasteiger partial charge in [-0.1, -0.05) is 36.4 Å². The van der Waals surface area contributed by atoms with Gasteiger partial charge in [0.05, 0.1) is 22.1 Å². The molecular formula is C24H13N3. The van der Waals surface area contributed by atoms with Crippen molar-refractivity contribution >= 4 is 33.2 Å². The molecule has 27 heavy (non-hydrogen) atoms. The van der Waals surface area contributed by atoms with Crippen LogP contribution in [0.2, 0.25) is 0 Å². The molecule has 0 aliphatic carbocycles. The van der Waals surface area contributed by atoms with Gasteiger partial charge in [0, 0.05) is 44.1 Å². The number of rotatable bonds is 0. The van der Waals surface area contributed by atoms with Crippen LogP contribution in [-0.4, -0.2) is 4.98 Å². The number of para-hydroxylation sites is 2. The van der Waals surface area contributed by atoms with Gasteiger partial charge in [0.25, 0.3) is 0 Å². The highest BCUT2D eigenvalue weighted by Gasteiger charge is 2.21. The molecule has 0 saturated heterocycles. The SMILES string of the molecule is c1ccc2c(c1)N=c1cc3c(cc1-2)=Nc1cc2c(cc1-3)[nH]c1ccccc12. The summed E-state index contributed by atoms with van der Waals surface area (Å²) in [4.78, 5) is 13.3. The fraction of sp³-hybridized carbons (Fsp3) is 0. The summed E-state index contributed by atoms with van der Waals surface area (Å²) in [7, 11) is 0. The summed E-state index contributed by atoms with van der Waals surface area (Å²) in [5, 5.41) is 4.54. The van der Waals surface area contributed by atoms with Crippen LogP contribution < -0.4 is 10.7 Å². The molecule has 124 valence electrons. The quantitative estimate of drug-likeness (QED) is 0.394. The molecule has 0 bridgehead atoms. The molecule has 0 amide bonds. The monoisotopic (exact) mass is 343 g/mol. The molecule has 0 fully saturated rings. The Labute approximate surface area is 154 Å². The molecule has 1 N–H and O–H groups in total. The van der Waals surface area contributed by atoms with Crippen LogP contribution in [0.3, 0.4) is 0 Å². The Hall–Kier alpha value is -3.72. The van der Waals surface area contributed by atoms with Gasteiger partial charge in [0.1, 0.15) is 0 Å². The Kier molecular flexibility index (Phi) is 2.25. The Bertz CT molecular complexity index is 1570. The number of hydrogen-bond acceptors (Lipinski definition) is 2. The maximum absolute atomic E-state index is 4.95. The molecule has 0 unspecified atom stereocenters. The summed E-state index contributed by atoms with van der Waals surface area (Å²) >= 11 is 0. The van der Waals surface area contributed by atoms with Crippen molar-refractivity contribution in [1.29, 1.82) is 0 Å². The normalized spacial score (nSPS) is 13.0. The number of nitrogens with zero attached hydrogens (tertiary/aromatic N) is 2. The van der Waals surface area contributed by atoms with Gasteiger partial charge in [-0.05, 0) is 36.4 Å². The number of H-pyrrole nitrogens is 1. The predicted molar refractivity (Wildman–Crippen MR) is 108 cm³/mol. The Morgan fingerprint density at radius 2 is 1.26 bits per heavy atom. The van der Waals surface area contributed by atoms with Gasteiger partial charge < -0.3 is 4.98 Å². The molecule has 0 radical (unpaired) electrons. The number of aromatic nitrogens is 1. The zero-order valence-corrected chi connectivity index (χ0v) is 14.3. The van der Waals surface area contributed by atoms with E-state index in [1.54, 1.807) is 0 Å².